The number of ether oxygens (including phenoxy) is 1. The fraction of sp³-hybridized carbons (Fsp3) is 0.0769. The van der Waals surface area contributed by atoms with E-state index >= 15 is 0 Å². The Bertz CT molecular complexity index is 638. The normalized spacial score (nSPS) is 11.4. The number of hydrogen-bond donors (Lipinski definition) is 2. The zero-order valence-electron chi connectivity index (χ0n) is 9.78. The molecular formula is C13H8F4O3. The average molecular weight is 288 g/mol. The van der Waals surface area contributed by atoms with Crippen LogP contribution >= 0.6 is 0 Å². The van der Waals surface area contributed by atoms with E-state index in [4.69, 9.17) is 5.11 Å². The molecular weight excluding hydrogens is 280 g/mol. The highest BCUT2D eigenvalue weighted by Crippen LogP contribution is 2.33. The summed E-state index contributed by atoms with van der Waals surface area (Å²) in [6.45, 7) is 0. The molecule has 0 fully saturated rings. The lowest BCUT2D eigenvalue weighted by atomic mass is 10.0. The molecule has 0 unspecified atom stereocenters. The van der Waals surface area contributed by atoms with E-state index in [-0.39, 0.29) is 11.1 Å². The van der Waals surface area contributed by atoms with Crippen LogP contribution in [0.1, 0.15) is 0 Å². The van der Waals surface area contributed by atoms with Crippen LogP contribution in [0.25, 0.3) is 11.1 Å². The molecule has 0 heterocycles. The van der Waals surface area contributed by atoms with E-state index in [0.717, 1.165) is 30.3 Å². The highest BCUT2D eigenvalue weighted by molar-refractivity contribution is 5.67. The molecule has 20 heavy (non-hydrogen) atoms. The van der Waals surface area contributed by atoms with Crippen molar-refractivity contribution in [1.82, 2.24) is 0 Å². The molecule has 0 bridgehead atoms. The minimum absolute atomic E-state index is 0.114. The first-order valence-corrected chi connectivity index (χ1v) is 5.33. The maximum atomic E-state index is 13.2. The van der Waals surface area contributed by atoms with Crippen LogP contribution in [0.15, 0.2) is 36.4 Å². The van der Waals surface area contributed by atoms with Gasteiger partial charge in [0.25, 0.3) is 0 Å². The Kier molecular flexibility index (Phi) is 3.44. The molecule has 0 atom stereocenters. The third-order valence-electron chi connectivity index (χ3n) is 2.41. The Morgan fingerprint density at radius 3 is 2.20 bits per heavy atom. The third-order valence-corrected chi connectivity index (χ3v) is 2.41. The zero-order valence-corrected chi connectivity index (χ0v) is 9.78. The van der Waals surface area contributed by atoms with Crippen molar-refractivity contribution in [2.75, 3.05) is 0 Å². The van der Waals surface area contributed by atoms with Crippen molar-refractivity contribution < 1.29 is 32.5 Å². The molecule has 2 N–H and O–H groups in total. The van der Waals surface area contributed by atoms with Gasteiger partial charge in [0, 0.05) is 6.07 Å². The van der Waals surface area contributed by atoms with Gasteiger partial charge in [-0.15, -0.1) is 13.2 Å². The number of rotatable bonds is 2. The third kappa shape index (κ3) is 3.31. The van der Waals surface area contributed by atoms with Gasteiger partial charge < -0.3 is 14.9 Å². The quantitative estimate of drug-likeness (QED) is 0.826. The maximum absolute atomic E-state index is 13.2. The molecule has 2 aromatic carbocycles. The van der Waals surface area contributed by atoms with Crippen molar-refractivity contribution >= 4 is 0 Å². The van der Waals surface area contributed by atoms with Crippen LogP contribution in [0, 0.1) is 5.82 Å². The topological polar surface area (TPSA) is 49.7 Å². The van der Waals surface area contributed by atoms with Crippen molar-refractivity contribution in [1.29, 1.82) is 0 Å². The molecule has 0 aliphatic heterocycles. The molecule has 0 spiro atoms. The molecule has 0 saturated heterocycles. The summed E-state index contributed by atoms with van der Waals surface area (Å²) in [7, 11) is 0. The number of aromatic hydroxyl groups is 2. The lowest BCUT2D eigenvalue weighted by Crippen LogP contribution is -2.17. The highest BCUT2D eigenvalue weighted by atomic mass is 19.4. The molecule has 0 saturated carbocycles. The number of phenols is 2. The van der Waals surface area contributed by atoms with Crippen LogP contribution in [0.2, 0.25) is 0 Å². The molecule has 0 amide bonds. The Balaban J connectivity index is 2.43. The molecule has 0 radical (unpaired) electrons. The number of alkyl halides is 3. The van der Waals surface area contributed by atoms with Crippen molar-refractivity contribution in [3.8, 4) is 28.4 Å². The molecule has 7 heteroatoms. The fourth-order valence-corrected chi connectivity index (χ4v) is 1.63. The monoisotopic (exact) mass is 288 g/mol. The second-order valence-corrected chi connectivity index (χ2v) is 3.93. The Morgan fingerprint density at radius 2 is 1.60 bits per heavy atom. The Hall–Kier alpha value is -2.44. The maximum Gasteiger partial charge on any atom is 0.573 e. The van der Waals surface area contributed by atoms with Crippen LogP contribution in [-0.4, -0.2) is 16.6 Å². The molecule has 0 aliphatic rings. The smallest absolute Gasteiger partial charge is 0.508 e. The van der Waals surface area contributed by atoms with Gasteiger partial charge in [-0.05, 0) is 35.4 Å². The summed E-state index contributed by atoms with van der Waals surface area (Å²) in [5, 5.41) is 18.4. The number of phenolic OH excluding ortho intramolecular Hbond substituents is 2. The summed E-state index contributed by atoms with van der Waals surface area (Å²) >= 11 is 0. The molecule has 0 aliphatic carbocycles. The van der Waals surface area contributed by atoms with Gasteiger partial charge in [-0.1, -0.05) is 6.07 Å². The van der Waals surface area contributed by atoms with Gasteiger partial charge in [-0.3, -0.25) is 0 Å². The Labute approximate surface area is 110 Å². The van der Waals surface area contributed by atoms with Crippen LogP contribution in [0.5, 0.6) is 17.2 Å². The van der Waals surface area contributed by atoms with Crippen LogP contribution < -0.4 is 4.74 Å². The van der Waals surface area contributed by atoms with E-state index < -0.39 is 29.4 Å². The molecule has 3 nitrogen and oxygen atoms in total. The fourth-order valence-electron chi connectivity index (χ4n) is 1.63. The second-order valence-electron chi connectivity index (χ2n) is 3.93. The zero-order chi connectivity index (χ0) is 14.9. The van der Waals surface area contributed by atoms with Crippen LogP contribution in [0.3, 0.4) is 0 Å². The summed E-state index contributed by atoms with van der Waals surface area (Å²) in [6.07, 6.45) is -4.90. The molecule has 106 valence electrons. The average Bonchev–Trinajstić information content (AvgIpc) is 2.29. The predicted octanol–water partition coefficient (Wildman–Crippen LogP) is 3.80. The van der Waals surface area contributed by atoms with E-state index in [2.05, 4.69) is 4.74 Å². The van der Waals surface area contributed by atoms with Gasteiger partial charge in [-0.25, -0.2) is 4.39 Å². The van der Waals surface area contributed by atoms with E-state index in [1.807, 2.05) is 0 Å². The van der Waals surface area contributed by atoms with Crippen molar-refractivity contribution in [3.63, 3.8) is 0 Å². The van der Waals surface area contributed by atoms with Gasteiger partial charge in [0.1, 0.15) is 11.5 Å². The Morgan fingerprint density at radius 1 is 0.900 bits per heavy atom. The van der Waals surface area contributed by atoms with E-state index in [1.54, 1.807) is 0 Å². The van der Waals surface area contributed by atoms with Gasteiger partial charge >= 0.3 is 6.36 Å². The highest BCUT2D eigenvalue weighted by Gasteiger charge is 2.31. The predicted molar refractivity (Wildman–Crippen MR) is 61.8 cm³/mol. The van der Waals surface area contributed by atoms with E-state index in [9.17, 15) is 22.7 Å². The first kappa shape index (κ1) is 14.0. The first-order chi connectivity index (χ1) is 9.24. The minimum atomic E-state index is -4.90. The standard InChI is InChI=1S/C13H8F4O3/c14-11-5-7(1-2-12(11)19)8-3-9(18)6-10(4-8)20-13(15,16)17/h1-6,18-19H. The molecule has 0 aromatic heterocycles. The first-order valence-electron chi connectivity index (χ1n) is 5.33. The number of benzene rings is 2. The number of halogens is 4. The van der Waals surface area contributed by atoms with Gasteiger partial charge in [-0.2, -0.15) is 0 Å². The lowest BCUT2D eigenvalue weighted by molar-refractivity contribution is -0.274. The van der Waals surface area contributed by atoms with Gasteiger partial charge in [0.15, 0.2) is 11.6 Å². The second kappa shape index (κ2) is 4.92. The van der Waals surface area contributed by atoms with Gasteiger partial charge in [0.05, 0.1) is 0 Å². The summed E-state index contributed by atoms with van der Waals surface area (Å²) in [6, 6.07) is 6.22. The summed E-state index contributed by atoms with van der Waals surface area (Å²) in [5.74, 6) is -2.60. The molecule has 2 rings (SSSR count). The summed E-state index contributed by atoms with van der Waals surface area (Å²) in [4.78, 5) is 0. The summed E-state index contributed by atoms with van der Waals surface area (Å²) < 4.78 is 53.3. The molecule has 2 aromatic rings. The largest absolute Gasteiger partial charge is 0.573 e. The van der Waals surface area contributed by atoms with Crippen LogP contribution in [0.4, 0.5) is 17.6 Å². The van der Waals surface area contributed by atoms with Gasteiger partial charge in [0.2, 0.25) is 0 Å². The lowest BCUT2D eigenvalue weighted by Gasteiger charge is -2.11. The van der Waals surface area contributed by atoms with Crippen molar-refractivity contribution in [3.05, 3.63) is 42.2 Å². The van der Waals surface area contributed by atoms with Crippen molar-refractivity contribution in [2.24, 2.45) is 0 Å². The SMILES string of the molecule is Oc1cc(OC(F)(F)F)cc(-c2ccc(O)c(F)c2)c1. The van der Waals surface area contributed by atoms with Crippen molar-refractivity contribution in [2.45, 2.75) is 6.36 Å². The van der Waals surface area contributed by atoms with Crippen LogP contribution in [-0.2, 0) is 0 Å². The van der Waals surface area contributed by atoms with E-state index in [0.29, 0.717) is 0 Å². The summed E-state index contributed by atoms with van der Waals surface area (Å²) in [5.41, 5.74) is 0.298. The van der Waals surface area contributed by atoms with E-state index in [1.165, 1.54) is 6.07 Å². The minimum Gasteiger partial charge on any atom is -0.508 e. The number of hydrogen-bond acceptors (Lipinski definition) is 3.